The minimum atomic E-state index is -4.49. The fourth-order valence-corrected chi connectivity index (χ4v) is 8.34. The van der Waals surface area contributed by atoms with Gasteiger partial charge < -0.3 is 13.7 Å². The van der Waals surface area contributed by atoms with Gasteiger partial charge in [0.15, 0.2) is 0 Å². The third kappa shape index (κ3) is 79.2. The monoisotopic (exact) mass is 991 g/mol. The van der Waals surface area contributed by atoms with Crippen molar-refractivity contribution < 1.29 is 51.5 Å². The number of hydrogen-bond donors (Lipinski definition) is 0. The molecular formula is C48H99AlO12S3. The molecule has 384 valence electrons. The fourth-order valence-electron chi connectivity index (χ4n) is 7.37. The SMILES string of the molecule is CCCCCCCCCCCCCCCCOS(=O)(=O)[O-].CCCCCCCCCCCCCCCCOS(=O)(=O)[O-].CCCCCCCCCCCCCCCCOS(=O)(=O)[O-].[Al+3]. The molecule has 0 aliphatic heterocycles. The Labute approximate surface area is 408 Å². The second-order valence-corrected chi connectivity index (χ2v) is 20.6. The summed E-state index contributed by atoms with van der Waals surface area (Å²) in [5, 5.41) is 0. The minimum absolute atomic E-state index is 0. The number of unbranched alkanes of at least 4 members (excludes halogenated alkanes) is 39. The molecule has 0 radical (unpaired) electrons. The summed E-state index contributed by atoms with van der Waals surface area (Å²) >= 11 is 0. The van der Waals surface area contributed by atoms with Crippen LogP contribution in [0.15, 0.2) is 0 Å². The van der Waals surface area contributed by atoms with Crippen LogP contribution in [0.2, 0.25) is 0 Å². The molecular weight excluding hydrogens is 892 g/mol. The first-order chi connectivity index (χ1) is 30.2. The Kier molecular flexibility index (Phi) is 61.6. The molecule has 0 bridgehead atoms. The standard InChI is InChI=1S/3C16H34O4S.Al/c3*1-2-3-4-5-6-7-8-9-10-11-12-13-14-15-16-20-21(17,18)19;/h3*2-16H2,1H3,(H,17,18,19);/q;;;+3/p-3. The molecule has 0 aliphatic carbocycles. The van der Waals surface area contributed by atoms with Crippen molar-refractivity contribution in [1.29, 1.82) is 0 Å². The molecule has 0 amide bonds. The maximum absolute atomic E-state index is 10.2. The average Bonchev–Trinajstić information content (AvgIpc) is 3.21. The molecule has 12 nitrogen and oxygen atoms in total. The Morgan fingerprint density at radius 1 is 0.234 bits per heavy atom. The van der Waals surface area contributed by atoms with Gasteiger partial charge in [-0.2, -0.15) is 0 Å². The van der Waals surface area contributed by atoms with Crippen LogP contribution in [0.1, 0.15) is 290 Å². The van der Waals surface area contributed by atoms with E-state index in [0.717, 1.165) is 38.5 Å². The van der Waals surface area contributed by atoms with Gasteiger partial charge in [0, 0.05) is 0 Å². The van der Waals surface area contributed by atoms with Crippen LogP contribution < -0.4 is 0 Å². The van der Waals surface area contributed by atoms with E-state index < -0.39 is 31.2 Å². The van der Waals surface area contributed by atoms with E-state index in [0.29, 0.717) is 19.3 Å². The molecule has 16 heteroatoms. The van der Waals surface area contributed by atoms with Crippen molar-refractivity contribution in [3.63, 3.8) is 0 Å². The van der Waals surface area contributed by atoms with E-state index in [9.17, 15) is 38.9 Å². The largest absolute Gasteiger partial charge is 3.00 e. The average molecular weight is 991 g/mol. The molecule has 0 fully saturated rings. The van der Waals surface area contributed by atoms with Gasteiger partial charge >= 0.3 is 17.4 Å². The molecule has 0 saturated carbocycles. The summed E-state index contributed by atoms with van der Waals surface area (Å²) in [5.41, 5.74) is 0. The predicted molar refractivity (Wildman–Crippen MR) is 264 cm³/mol. The molecule has 0 aromatic carbocycles. The maximum Gasteiger partial charge on any atom is 3.00 e. The van der Waals surface area contributed by atoms with Gasteiger partial charge in [-0.05, 0) is 19.3 Å². The summed E-state index contributed by atoms with van der Waals surface area (Å²) in [5.74, 6) is 0. The van der Waals surface area contributed by atoms with E-state index >= 15 is 0 Å². The molecule has 0 atom stereocenters. The van der Waals surface area contributed by atoms with E-state index in [4.69, 9.17) is 0 Å². The molecule has 0 spiro atoms. The molecule has 0 heterocycles. The van der Waals surface area contributed by atoms with Crippen molar-refractivity contribution in [2.75, 3.05) is 19.8 Å². The maximum atomic E-state index is 10.2. The molecule has 0 aliphatic rings. The van der Waals surface area contributed by atoms with Crippen molar-refractivity contribution >= 4 is 48.6 Å². The first-order valence-corrected chi connectivity index (χ1v) is 30.0. The summed E-state index contributed by atoms with van der Waals surface area (Å²) in [6.07, 6.45) is 52.2. The predicted octanol–water partition coefficient (Wildman–Crippen LogP) is 14.5. The number of hydrogen-bond acceptors (Lipinski definition) is 12. The van der Waals surface area contributed by atoms with Crippen molar-refractivity contribution in [2.24, 2.45) is 0 Å². The van der Waals surface area contributed by atoms with Gasteiger partial charge in [0.25, 0.3) is 0 Å². The van der Waals surface area contributed by atoms with Gasteiger partial charge in [0.2, 0.25) is 31.2 Å². The van der Waals surface area contributed by atoms with Gasteiger partial charge in [0.1, 0.15) is 0 Å². The van der Waals surface area contributed by atoms with Gasteiger partial charge in [0.05, 0.1) is 19.8 Å². The van der Waals surface area contributed by atoms with Crippen LogP contribution in [-0.2, 0) is 43.7 Å². The van der Waals surface area contributed by atoms with E-state index in [2.05, 4.69) is 33.3 Å². The van der Waals surface area contributed by atoms with Gasteiger partial charge in [-0.3, -0.25) is 12.5 Å². The first-order valence-electron chi connectivity index (χ1n) is 26.0. The van der Waals surface area contributed by atoms with Crippen LogP contribution in [0.25, 0.3) is 0 Å². The Bertz CT molecular complexity index is 1060. The van der Waals surface area contributed by atoms with E-state index in [1.54, 1.807) is 0 Å². The van der Waals surface area contributed by atoms with Crippen LogP contribution in [0.3, 0.4) is 0 Å². The molecule has 0 aromatic rings. The second kappa shape index (κ2) is 55.7. The quantitative estimate of drug-likeness (QED) is 0.0242. The molecule has 0 unspecified atom stereocenters. The molecule has 0 N–H and O–H groups in total. The third-order valence-corrected chi connectivity index (χ3v) is 12.5. The fraction of sp³-hybridized carbons (Fsp3) is 1.00. The zero-order valence-corrected chi connectivity index (χ0v) is 45.1. The molecule has 64 heavy (non-hydrogen) atoms. The van der Waals surface area contributed by atoms with E-state index in [-0.39, 0.29) is 37.2 Å². The van der Waals surface area contributed by atoms with Crippen molar-refractivity contribution in [1.82, 2.24) is 0 Å². The summed E-state index contributed by atoms with van der Waals surface area (Å²) in [6.45, 7) is 6.84. The third-order valence-electron chi connectivity index (χ3n) is 11.2. The Hall–Kier alpha value is 0.142. The smallest absolute Gasteiger partial charge is 0.726 e. The van der Waals surface area contributed by atoms with Crippen molar-refractivity contribution in [3.05, 3.63) is 0 Å². The Morgan fingerprint density at radius 3 is 0.453 bits per heavy atom. The summed E-state index contributed by atoms with van der Waals surface area (Å²) in [6, 6.07) is 0. The minimum Gasteiger partial charge on any atom is -0.726 e. The summed E-state index contributed by atoms with van der Waals surface area (Å²) in [4.78, 5) is 0. The molecule has 0 aromatic heterocycles. The van der Waals surface area contributed by atoms with E-state index in [1.807, 2.05) is 0 Å². The van der Waals surface area contributed by atoms with Crippen LogP contribution in [0.4, 0.5) is 0 Å². The Morgan fingerprint density at radius 2 is 0.344 bits per heavy atom. The summed E-state index contributed by atoms with van der Waals surface area (Å²) < 4.78 is 104. The zero-order chi connectivity index (χ0) is 47.4. The topological polar surface area (TPSA) is 199 Å². The molecule has 0 saturated heterocycles. The van der Waals surface area contributed by atoms with Gasteiger partial charge in [-0.1, -0.05) is 271 Å². The van der Waals surface area contributed by atoms with Crippen LogP contribution in [-0.4, -0.2) is 76.1 Å². The second-order valence-electron chi connectivity index (χ2n) is 17.5. The summed E-state index contributed by atoms with van der Waals surface area (Å²) in [7, 11) is -13.5. The molecule has 0 rings (SSSR count). The number of rotatable bonds is 48. The Balaban J connectivity index is -0.000000419. The van der Waals surface area contributed by atoms with E-state index in [1.165, 1.54) is 212 Å². The van der Waals surface area contributed by atoms with Crippen LogP contribution in [0.5, 0.6) is 0 Å². The first kappa shape index (κ1) is 70.7. The van der Waals surface area contributed by atoms with Crippen molar-refractivity contribution in [2.45, 2.75) is 290 Å². The van der Waals surface area contributed by atoms with Gasteiger partial charge in [-0.15, -0.1) is 0 Å². The normalized spacial score (nSPS) is 11.7. The van der Waals surface area contributed by atoms with Crippen LogP contribution >= 0.6 is 0 Å². The van der Waals surface area contributed by atoms with Crippen molar-refractivity contribution in [3.8, 4) is 0 Å². The van der Waals surface area contributed by atoms with Gasteiger partial charge in [-0.25, -0.2) is 25.3 Å². The van der Waals surface area contributed by atoms with Crippen LogP contribution in [0, 0.1) is 0 Å². The zero-order valence-electron chi connectivity index (χ0n) is 41.5.